The molecule has 0 spiro atoms. The second kappa shape index (κ2) is 16.7. The first-order valence-electron chi connectivity index (χ1n) is 10.6. The van der Waals surface area contributed by atoms with Gasteiger partial charge in [0.2, 0.25) is 0 Å². The summed E-state index contributed by atoms with van der Waals surface area (Å²) in [6.07, 6.45) is 14.3. The third kappa shape index (κ3) is 14.3. The first-order valence-corrected chi connectivity index (χ1v) is 10.6. The van der Waals surface area contributed by atoms with Gasteiger partial charge in [-0.15, -0.1) is 0 Å². The highest BCUT2D eigenvalue weighted by Gasteiger charge is 2.30. The lowest BCUT2D eigenvalue weighted by Crippen LogP contribution is -2.39. The second-order valence-electron chi connectivity index (χ2n) is 7.51. The Morgan fingerprint density at radius 3 is 1.59 bits per heavy atom. The fraction of sp³-hybridized carbons (Fsp3) is 0.857. The lowest BCUT2D eigenvalue weighted by atomic mass is 9.91. The number of carboxylic acid groups (broad SMARTS) is 2. The van der Waals surface area contributed by atoms with Crippen LogP contribution in [0.4, 0.5) is 0 Å². The third-order valence-electron chi connectivity index (χ3n) is 5.02. The second-order valence-corrected chi connectivity index (χ2v) is 7.51. The lowest BCUT2D eigenvalue weighted by Gasteiger charge is -2.16. The molecular weight excluding hydrogens is 346 g/mol. The molecule has 2 unspecified atom stereocenters. The van der Waals surface area contributed by atoms with Crippen molar-refractivity contribution in [3.05, 3.63) is 0 Å². The first-order chi connectivity index (χ1) is 12.9. The van der Waals surface area contributed by atoms with Gasteiger partial charge in [-0.05, 0) is 12.8 Å². The van der Waals surface area contributed by atoms with Crippen molar-refractivity contribution in [3.63, 3.8) is 0 Å². The average molecular weight is 386 g/mol. The van der Waals surface area contributed by atoms with E-state index in [1.54, 1.807) is 0 Å². The smallest absolute Gasteiger partial charge is 0.314 e. The molecule has 0 aliphatic carbocycles. The molecule has 158 valence electrons. The van der Waals surface area contributed by atoms with Crippen LogP contribution in [0.2, 0.25) is 0 Å². The summed E-state index contributed by atoms with van der Waals surface area (Å²) < 4.78 is 0. The van der Waals surface area contributed by atoms with Gasteiger partial charge in [0.25, 0.3) is 0 Å². The summed E-state index contributed by atoms with van der Waals surface area (Å²) in [5.41, 5.74) is 5.66. The predicted molar refractivity (Wildman–Crippen MR) is 107 cm³/mol. The van der Waals surface area contributed by atoms with Crippen LogP contribution in [0.1, 0.15) is 103 Å². The van der Waals surface area contributed by atoms with Crippen LogP contribution in [0, 0.1) is 5.92 Å². The highest BCUT2D eigenvalue weighted by Crippen LogP contribution is 2.17. The zero-order valence-corrected chi connectivity index (χ0v) is 17.0. The van der Waals surface area contributed by atoms with E-state index in [-0.39, 0.29) is 19.3 Å². The Balaban J connectivity index is 3.80. The molecule has 0 rings (SSSR count). The Hall–Kier alpha value is -1.43. The maximum absolute atomic E-state index is 12.1. The summed E-state index contributed by atoms with van der Waals surface area (Å²) in [5.74, 6) is -3.86. The molecule has 0 aliphatic rings. The molecule has 27 heavy (non-hydrogen) atoms. The Morgan fingerprint density at radius 1 is 0.741 bits per heavy atom. The van der Waals surface area contributed by atoms with Crippen molar-refractivity contribution in [3.8, 4) is 0 Å². The zero-order valence-electron chi connectivity index (χ0n) is 17.0. The standard InChI is InChI=1S/C21H39NO5/c1-2-3-4-5-6-7-8-9-10-11-12-13-14-17(21(26)27)20(25)18(22)15-16-19(23)24/h17-18H,2-16,22H2,1H3,(H,23,24)(H,26,27). The topological polar surface area (TPSA) is 118 Å². The van der Waals surface area contributed by atoms with Gasteiger partial charge in [-0.2, -0.15) is 0 Å². The van der Waals surface area contributed by atoms with Crippen molar-refractivity contribution in [2.45, 2.75) is 109 Å². The van der Waals surface area contributed by atoms with Crippen LogP contribution in [0.15, 0.2) is 0 Å². The molecule has 4 N–H and O–H groups in total. The largest absolute Gasteiger partial charge is 0.481 e. The Morgan fingerprint density at radius 2 is 1.19 bits per heavy atom. The zero-order chi connectivity index (χ0) is 20.5. The van der Waals surface area contributed by atoms with Gasteiger partial charge < -0.3 is 15.9 Å². The van der Waals surface area contributed by atoms with Crippen molar-refractivity contribution in [2.75, 3.05) is 0 Å². The summed E-state index contributed by atoms with van der Waals surface area (Å²) in [5, 5.41) is 17.9. The first kappa shape index (κ1) is 25.6. The van der Waals surface area contributed by atoms with Crippen LogP contribution in [0.5, 0.6) is 0 Å². The van der Waals surface area contributed by atoms with Gasteiger partial charge in [-0.3, -0.25) is 14.4 Å². The Bertz CT molecular complexity index is 425. The SMILES string of the molecule is CCCCCCCCCCCCCCC(C(=O)O)C(=O)C(N)CCC(=O)O. The lowest BCUT2D eigenvalue weighted by molar-refractivity contribution is -0.147. The van der Waals surface area contributed by atoms with Crippen molar-refractivity contribution < 1.29 is 24.6 Å². The molecule has 0 saturated carbocycles. The van der Waals surface area contributed by atoms with Crippen LogP contribution in [0.3, 0.4) is 0 Å². The minimum atomic E-state index is -1.16. The van der Waals surface area contributed by atoms with Crippen LogP contribution >= 0.6 is 0 Å². The number of Topliss-reactive ketones (excluding diaryl/α,β-unsaturated/α-hetero) is 1. The number of hydrogen-bond donors (Lipinski definition) is 3. The number of nitrogens with two attached hydrogens (primary N) is 1. The van der Waals surface area contributed by atoms with E-state index in [2.05, 4.69) is 6.92 Å². The molecule has 0 fully saturated rings. The summed E-state index contributed by atoms with van der Waals surface area (Å²) in [7, 11) is 0. The van der Waals surface area contributed by atoms with Crippen molar-refractivity contribution in [1.29, 1.82) is 0 Å². The Kier molecular flexibility index (Phi) is 15.8. The minimum absolute atomic E-state index is 0.0175. The molecule has 0 bridgehead atoms. The average Bonchev–Trinajstić information content (AvgIpc) is 2.62. The number of carbonyl (C=O) groups excluding carboxylic acids is 1. The van der Waals surface area contributed by atoms with E-state index in [0.717, 1.165) is 19.3 Å². The fourth-order valence-corrected chi connectivity index (χ4v) is 3.26. The molecule has 0 aromatic rings. The monoisotopic (exact) mass is 385 g/mol. The molecule has 0 aromatic heterocycles. The van der Waals surface area contributed by atoms with Crippen molar-refractivity contribution >= 4 is 17.7 Å². The van der Waals surface area contributed by atoms with Crippen LogP contribution in [-0.2, 0) is 14.4 Å². The van der Waals surface area contributed by atoms with Crippen LogP contribution in [0.25, 0.3) is 0 Å². The molecular formula is C21H39NO5. The number of aliphatic carboxylic acids is 2. The molecule has 0 heterocycles. The quantitative estimate of drug-likeness (QED) is 0.222. The number of hydrogen-bond acceptors (Lipinski definition) is 4. The molecule has 0 radical (unpaired) electrons. The number of unbranched alkanes of at least 4 members (excludes halogenated alkanes) is 11. The van der Waals surface area contributed by atoms with Gasteiger partial charge in [0.05, 0.1) is 6.04 Å². The van der Waals surface area contributed by atoms with E-state index in [0.29, 0.717) is 6.42 Å². The summed E-state index contributed by atoms with van der Waals surface area (Å²) in [4.78, 5) is 34.0. The summed E-state index contributed by atoms with van der Waals surface area (Å²) >= 11 is 0. The fourth-order valence-electron chi connectivity index (χ4n) is 3.26. The van der Waals surface area contributed by atoms with E-state index in [4.69, 9.17) is 10.8 Å². The van der Waals surface area contributed by atoms with E-state index < -0.39 is 29.7 Å². The highest BCUT2D eigenvalue weighted by atomic mass is 16.4. The molecule has 0 aromatic carbocycles. The number of ketones is 1. The summed E-state index contributed by atoms with van der Waals surface area (Å²) in [6.45, 7) is 2.22. The number of rotatable bonds is 19. The van der Waals surface area contributed by atoms with Crippen molar-refractivity contribution in [2.24, 2.45) is 11.7 Å². The molecule has 0 saturated heterocycles. The molecule has 2 atom stereocenters. The molecule has 6 heteroatoms. The van der Waals surface area contributed by atoms with Gasteiger partial charge in [0, 0.05) is 6.42 Å². The van der Waals surface area contributed by atoms with Gasteiger partial charge >= 0.3 is 11.9 Å². The maximum atomic E-state index is 12.1. The van der Waals surface area contributed by atoms with E-state index in [1.165, 1.54) is 51.4 Å². The van der Waals surface area contributed by atoms with E-state index in [9.17, 15) is 19.5 Å². The third-order valence-corrected chi connectivity index (χ3v) is 5.02. The predicted octanol–water partition coefficient (Wildman–Crippen LogP) is 4.54. The summed E-state index contributed by atoms with van der Waals surface area (Å²) in [6, 6.07) is -1.01. The van der Waals surface area contributed by atoms with Gasteiger partial charge in [0.15, 0.2) is 5.78 Å². The van der Waals surface area contributed by atoms with E-state index in [1.807, 2.05) is 0 Å². The van der Waals surface area contributed by atoms with Crippen LogP contribution < -0.4 is 5.73 Å². The maximum Gasteiger partial charge on any atom is 0.314 e. The van der Waals surface area contributed by atoms with Gasteiger partial charge in [-0.25, -0.2) is 0 Å². The molecule has 0 amide bonds. The molecule has 0 aliphatic heterocycles. The van der Waals surface area contributed by atoms with Gasteiger partial charge in [0.1, 0.15) is 5.92 Å². The van der Waals surface area contributed by atoms with Crippen molar-refractivity contribution in [1.82, 2.24) is 0 Å². The number of carbonyl (C=O) groups is 3. The minimum Gasteiger partial charge on any atom is -0.481 e. The number of carboxylic acids is 2. The van der Waals surface area contributed by atoms with Crippen LogP contribution in [-0.4, -0.2) is 34.0 Å². The normalized spacial score (nSPS) is 13.3. The highest BCUT2D eigenvalue weighted by molar-refractivity contribution is 6.01. The molecule has 6 nitrogen and oxygen atoms in total. The van der Waals surface area contributed by atoms with Gasteiger partial charge in [-0.1, -0.05) is 84.0 Å². The Labute approximate surface area is 163 Å². The van der Waals surface area contributed by atoms with E-state index >= 15 is 0 Å².